The highest BCUT2D eigenvalue weighted by Crippen LogP contribution is 2.34. The lowest BCUT2D eigenvalue weighted by Crippen LogP contribution is -2.33. The summed E-state index contributed by atoms with van der Waals surface area (Å²) in [4.78, 5) is 13.1. The van der Waals surface area contributed by atoms with Crippen LogP contribution in [-0.4, -0.2) is 23.0 Å². The van der Waals surface area contributed by atoms with Crippen LogP contribution in [0.25, 0.3) is 10.1 Å². The predicted octanol–water partition coefficient (Wildman–Crippen LogP) is 3.89. The Bertz CT molecular complexity index is 653. The molecule has 2 unspecified atom stereocenters. The van der Waals surface area contributed by atoms with E-state index in [1.54, 1.807) is 0 Å². The number of hydrogen-bond acceptors (Lipinski definition) is 4. The SMILES string of the molecule is CCSC1CCC(NC(=O)c2sc3ccccc3c2N)C1. The lowest BCUT2D eigenvalue weighted by molar-refractivity contribution is 0.0943. The number of fused-ring (bicyclic) bond motifs is 1. The smallest absolute Gasteiger partial charge is 0.263 e. The molecule has 2 aromatic rings. The van der Waals surface area contributed by atoms with Crippen LogP contribution in [0.5, 0.6) is 0 Å². The van der Waals surface area contributed by atoms with Crippen LogP contribution in [0, 0.1) is 0 Å². The minimum absolute atomic E-state index is 0.0131. The molecule has 1 aliphatic carbocycles. The van der Waals surface area contributed by atoms with E-state index in [0.29, 0.717) is 21.9 Å². The number of carbonyl (C=O) groups excluding carboxylic acids is 1. The number of carbonyl (C=O) groups is 1. The van der Waals surface area contributed by atoms with Crippen molar-refractivity contribution in [1.29, 1.82) is 0 Å². The molecule has 1 aromatic heterocycles. The highest BCUT2D eigenvalue weighted by Gasteiger charge is 2.27. The number of anilines is 1. The van der Waals surface area contributed by atoms with Gasteiger partial charge in [-0.05, 0) is 31.1 Å². The molecule has 0 saturated heterocycles. The Kier molecular flexibility index (Phi) is 4.40. The largest absolute Gasteiger partial charge is 0.397 e. The van der Waals surface area contributed by atoms with Crippen molar-refractivity contribution >= 4 is 44.8 Å². The molecule has 0 bridgehead atoms. The maximum absolute atomic E-state index is 12.5. The number of rotatable bonds is 4. The molecule has 1 aliphatic rings. The van der Waals surface area contributed by atoms with E-state index in [0.717, 1.165) is 28.7 Å². The molecule has 1 aromatic carbocycles. The van der Waals surface area contributed by atoms with Crippen molar-refractivity contribution in [3.63, 3.8) is 0 Å². The summed E-state index contributed by atoms with van der Waals surface area (Å²) < 4.78 is 1.07. The van der Waals surface area contributed by atoms with Crippen molar-refractivity contribution in [2.75, 3.05) is 11.5 Å². The second-order valence-electron chi connectivity index (χ2n) is 5.40. The van der Waals surface area contributed by atoms with E-state index in [1.165, 1.54) is 17.8 Å². The maximum atomic E-state index is 12.5. The quantitative estimate of drug-likeness (QED) is 0.898. The average molecular weight is 320 g/mol. The van der Waals surface area contributed by atoms with E-state index in [9.17, 15) is 4.79 Å². The topological polar surface area (TPSA) is 55.1 Å². The summed E-state index contributed by atoms with van der Waals surface area (Å²) in [5, 5.41) is 4.84. The molecule has 1 heterocycles. The first kappa shape index (κ1) is 14.7. The summed E-state index contributed by atoms with van der Waals surface area (Å²) in [6, 6.07) is 8.21. The minimum Gasteiger partial charge on any atom is -0.397 e. The van der Waals surface area contributed by atoms with Gasteiger partial charge in [-0.3, -0.25) is 4.79 Å². The Morgan fingerprint density at radius 3 is 3.00 bits per heavy atom. The van der Waals surface area contributed by atoms with E-state index in [-0.39, 0.29) is 5.91 Å². The normalized spacial score (nSPS) is 21.8. The Balaban J connectivity index is 1.71. The Hall–Kier alpha value is -1.20. The van der Waals surface area contributed by atoms with Gasteiger partial charge in [-0.2, -0.15) is 11.8 Å². The van der Waals surface area contributed by atoms with Crippen molar-refractivity contribution in [3.8, 4) is 0 Å². The van der Waals surface area contributed by atoms with Crippen molar-refractivity contribution in [2.45, 2.75) is 37.5 Å². The highest BCUT2D eigenvalue weighted by atomic mass is 32.2. The molecule has 112 valence electrons. The molecule has 3 N–H and O–H groups in total. The summed E-state index contributed by atoms with van der Waals surface area (Å²) in [5.41, 5.74) is 6.75. The summed E-state index contributed by atoms with van der Waals surface area (Å²) in [6.45, 7) is 2.19. The molecule has 5 heteroatoms. The minimum atomic E-state index is -0.0131. The lowest BCUT2D eigenvalue weighted by Gasteiger charge is -2.12. The Labute approximate surface area is 133 Å². The molecule has 3 nitrogen and oxygen atoms in total. The zero-order chi connectivity index (χ0) is 14.8. The second kappa shape index (κ2) is 6.28. The van der Waals surface area contributed by atoms with Crippen LogP contribution in [0.4, 0.5) is 5.69 Å². The maximum Gasteiger partial charge on any atom is 0.263 e. The van der Waals surface area contributed by atoms with Gasteiger partial charge in [-0.25, -0.2) is 0 Å². The summed E-state index contributed by atoms with van der Waals surface area (Å²) in [6.07, 6.45) is 3.36. The first-order valence-corrected chi connectivity index (χ1v) is 9.25. The molecule has 21 heavy (non-hydrogen) atoms. The Morgan fingerprint density at radius 1 is 1.43 bits per heavy atom. The molecule has 0 spiro atoms. The van der Waals surface area contributed by atoms with Gasteiger partial charge in [-0.15, -0.1) is 11.3 Å². The fraction of sp³-hybridized carbons (Fsp3) is 0.438. The number of hydrogen-bond donors (Lipinski definition) is 2. The van der Waals surface area contributed by atoms with E-state index in [1.807, 2.05) is 36.0 Å². The van der Waals surface area contributed by atoms with Gasteiger partial charge < -0.3 is 11.1 Å². The molecule has 2 atom stereocenters. The first-order chi connectivity index (χ1) is 10.2. The van der Waals surface area contributed by atoms with Crippen LogP contribution in [0.3, 0.4) is 0 Å². The number of thiophene rings is 1. The molecular weight excluding hydrogens is 300 g/mol. The standard InChI is InChI=1S/C16H20N2OS2/c1-2-20-11-8-7-10(9-11)18-16(19)15-14(17)12-5-3-4-6-13(12)21-15/h3-6,10-11H,2,7-9,17H2,1H3,(H,18,19). The van der Waals surface area contributed by atoms with Gasteiger partial charge in [0.2, 0.25) is 0 Å². The zero-order valence-corrected chi connectivity index (χ0v) is 13.7. The predicted molar refractivity (Wildman–Crippen MR) is 93.3 cm³/mol. The number of thioether (sulfide) groups is 1. The molecule has 1 amide bonds. The highest BCUT2D eigenvalue weighted by molar-refractivity contribution is 7.99. The van der Waals surface area contributed by atoms with Gasteiger partial charge in [0.05, 0.1) is 5.69 Å². The van der Waals surface area contributed by atoms with E-state index >= 15 is 0 Å². The molecule has 0 aliphatic heterocycles. The molecular formula is C16H20N2OS2. The summed E-state index contributed by atoms with van der Waals surface area (Å²) in [7, 11) is 0. The van der Waals surface area contributed by atoms with Gasteiger partial charge in [0.25, 0.3) is 5.91 Å². The van der Waals surface area contributed by atoms with Crippen LogP contribution in [-0.2, 0) is 0 Å². The van der Waals surface area contributed by atoms with Gasteiger partial charge in [-0.1, -0.05) is 25.1 Å². The van der Waals surface area contributed by atoms with Gasteiger partial charge in [0, 0.05) is 21.4 Å². The molecule has 0 radical (unpaired) electrons. The Morgan fingerprint density at radius 2 is 2.24 bits per heavy atom. The first-order valence-electron chi connectivity index (χ1n) is 7.38. The van der Waals surface area contributed by atoms with Crippen LogP contribution in [0.15, 0.2) is 24.3 Å². The number of amides is 1. The van der Waals surface area contributed by atoms with E-state index in [4.69, 9.17) is 5.73 Å². The van der Waals surface area contributed by atoms with Crippen LogP contribution < -0.4 is 11.1 Å². The van der Waals surface area contributed by atoms with Crippen molar-refractivity contribution in [3.05, 3.63) is 29.1 Å². The van der Waals surface area contributed by atoms with Crippen molar-refractivity contribution in [1.82, 2.24) is 5.32 Å². The van der Waals surface area contributed by atoms with Gasteiger partial charge >= 0.3 is 0 Å². The van der Waals surface area contributed by atoms with Crippen molar-refractivity contribution in [2.24, 2.45) is 0 Å². The lowest BCUT2D eigenvalue weighted by atomic mass is 10.2. The number of nitrogens with two attached hydrogens (primary N) is 1. The number of benzene rings is 1. The molecule has 1 saturated carbocycles. The average Bonchev–Trinajstić information content (AvgIpc) is 3.05. The second-order valence-corrected chi connectivity index (χ2v) is 8.03. The van der Waals surface area contributed by atoms with Crippen molar-refractivity contribution < 1.29 is 4.79 Å². The third-order valence-electron chi connectivity index (χ3n) is 3.96. The van der Waals surface area contributed by atoms with Gasteiger partial charge in [0.1, 0.15) is 4.88 Å². The van der Waals surface area contributed by atoms with Crippen LogP contribution in [0.1, 0.15) is 35.9 Å². The third kappa shape index (κ3) is 3.04. The molecule has 3 rings (SSSR count). The molecule has 1 fully saturated rings. The number of nitrogen functional groups attached to an aromatic ring is 1. The number of nitrogens with one attached hydrogen (secondary N) is 1. The monoisotopic (exact) mass is 320 g/mol. The summed E-state index contributed by atoms with van der Waals surface area (Å²) >= 11 is 3.48. The third-order valence-corrected chi connectivity index (χ3v) is 6.38. The zero-order valence-electron chi connectivity index (χ0n) is 12.1. The fourth-order valence-corrected chi connectivity index (χ4v) is 5.11. The van der Waals surface area contributed by atoms with Crippen LogP contribution in [0.2, 0.25) is 0 Å². The summed E-state index contributed by atoms with van der Waals surface area (Å²) in [5.74, 6) is 1.13. The van der Waals surface area contributed by atoms with E-state index < -0.39 is 0 Å². The fourth-order valence-electron chi connectivity index (χ4n) is 2.94. The van der Waals surface area contributed by atoms with Gasteiger partial charge in [0.15, 0.2) is 0 Å². The van der Waals surface area contributed by atoms with E-state index in [2.05, 4.69) is 12.2 Å². The van der Waals surface area contributed by atoms with Crippen LogP contribution >= 0.6 is 23.1 Å².